The molecule has 2 aromatic rings. The molecule has 0 saturated carbocycles. The van der Waals surface area contributed by atoms with Crippen LogP contribution in [0.15, 0.2) is 65.6 Å². The average molecular weight is 375 g/mol. The summed E-state index contributed by atoms with van der Waals surface area (Å²) in [4.78, 5) is 2.59. The van der Waals surface area contributed by atoms with Crippen LogP contribution >= 0.6 is 0 Å². The van der Waals surface area contributed by atoms with Gasteiger partial charge in [-0.15, -0.1) is 0 Å². The van der Waals surface area contributed by atoms with E-state index < -0.39 is 10.0 Å². The normalized spacial score (nSPS) is 14.5. The highest BCUT2D eigenvalue weighted by molar-refractivity contribution is 7.89. The number of rotatable bonds is 9. The van der Waals surface area contributed by atoms with E-state index in [2.05, 4.69) is 37.9 Å². The quantitative estimate of drug-likeness (QED) is 0.673. The Morgan fingerprint density at radius 3 is 2.00 bits per heavy atom. The maximum absolute atomic E-state index is 13.0. The van der Waals surface area contributed by atoms with Gasteiger partial charge in [0.25, 0.3) is 0 Å². The summed E-state index contributed by atoms with van der Waals surface area (Å²) in [5.41, 5.74) is 0.904. The lowest BCUT2D eigenvalue weighted by Gasteiger charge is -2.35. The predicted octanol–water partition coefficient (Wildman–Crippen LogP) is 3.61. The van der Waals surface area contributed by atoms with Crippen molar-refractivity contribution in [2.45, 2.75) is 30.6 Å². The van der Waals surface area contributed by atoms with E-state index in [-0.39, 0.29) is 5.41 Å². The topological polar surface area (TPSA) is 40.6 Å². The first-order valence-electron chi connectivity index (χ1n) is 9.05. The van der Waals surface area contributed by atoms with Crippen LogP contribution in [0.5, 0.6) is 0 Å². The fraction of sp³-hybridized carbons (Fsp3) is 0.429. The van der Waals surface area contributed by atoms with Gasteiger partial charge < -0.3 is 4.90 Å². The van der Waals surface area contributed by atoms with Gasteiger partial charge in [-0.1, -0.05) is 62.4 Å². The number of hydrogen-bond acceptors (Lipinski definition) is 3. The molecule has 0 aromatic heterocycles. The summed E-state index contributed by atoms with van der Waals surface area (Å²) in [5.74, 6) is 0. The van der Waals surface area contributed by atoms with Gasteiger partial charge >= 0.3 is 0 Å². The lowest BCUT2D eigenvalue weighted by atomic mass is 9.79. The highest BCUT2D eigenvalue weighted by Gasteiger charge is 2.32. The lowest BCUT2D eigenvalue weighted by molar-refractivity contribution is 0.269. The van der Waals surface area contributed by atoms with Gasteiger partial charge in [0, 0.05) is 19.0 Å². The second-order valence-corrected chi connectivity index (χ2v) is 9.19. The van der Waals surface area contributed by atoms with Crippen molar-refractivity contribution in [2.75, 3.05) is 33.7 Å². The van der Waals surface area contributed by atoms with Crippen LogP contribution in [0.2, 0.25) is 0 Å². The van der Waals surface area contributed by atoms with E-state index in [4.69, 9.17) is 0 Å². The Balaban J connectivity index is 2.28. The molecule has 0 saturated heterocycles. The van der Waals surface area contributed by atoms with E-state index >= 15 is 0 Å². The first-order chi connectivity index (χ1) is 12.3. The van der Waals surface area contributed by atoms with Crippen molar-refractivity contribution in [3.8, 4) is 0 Å². The van der Waals surface area contributed by atoms with E-state index in [1.54, 1.807) is 31.3 Å². The molecule has 0 amide bonds. The van der Waals surface area contributed by atoms with Gasteiger partial charge in [-0.05, 0) is 44.3 Å². The van der Waals surface area contributed by atoms with Crippen LogP contribution in [-0.2, 0) is 15.4 Å². The second kappa shape index (κ2) is 8.80. The zero-order valence-corrected chi connectivity index (χ0v) is 17.0. The number of nitrogens with zero attached hydrogens (tertiary/aromatic N) is 2. The fourth-order valence-corrected chi connectivity index (χ4v) is 4.42. The van der Waals surface area contributed by atoms with Crippen LogP contribution in [-0.4, -0.2) is 51.4 Å². The standard InChI is InChI=1S/C21H30N2O2S/c1-5-22(3)17-16-21(2,19-12-8-6-9-13-19)18-23(4)26(24,25)20-14-10-7-11-15-20/h6-15H,5,16-18H2,1-4H3. The Hall–Kier alpha value is -1.69. The second-order valence-electron chi connectivity index (χ2n) is 7.15. The average Bonchev–Trinajstić information content (AvgIpc) is 2.67. The molecule has 2 aromatic carbocycles. The van der Waals surface area contributed by atoms with E-state index in [1.165, 1.54) is 9.87 Å². The summed E-state index contributed by atoms with van der Waals surface area (Å²) in [6, 6.07) is 18.9. The minimum absolute atomic E-state index is 0.263. The third-order valence-corrected chi connectivity index (χ3v) is 6.90. The van der Waals surface area contributed by atoms with Crippen LogP contribution in [0.4, 0.5) is 0 Å². The molecule has 2 rings (SSSR count). The minimum Gasteiger partial charge on any atom is -0.307 e. The van der Waals surface area contributed by atoms with Gasteiger partial charge in [0.05, 0.1) is 4.90 Å². The first kappa shape index (κ1) is 20.6. The van der Waals surface area contributed by atoms with E-state index in [0.717, 1.165) is 19.5 Å². The Kier molecular flexibility index (Phi) is 6.98. The van der Waals surface area contributed by atoms with Crippen molar-refractivity contribution in [2.24, 2.45) is 0 Å². The monoisotopic (exact) mass is 374 g/mol. The van der Waals surface area contributed by atoms with Crippen molar-refractivity contribution in [1.82, 2.24) is 9.21 Å². The molecule has 26 heavy (non-hydrogen) atoms. The third-order valence-electron chi connectivity index (χ3n) is 5.08. The fourth-order valence-electron chi connectivity index (χ4n) is 3.10. The Labute approximate surface area is 158 Å². The van der Waals surface area contributed by atoms with Crippen LogP contribution in [0.1, 0.15) is 25.8 Å². The Bertz CT molecular complexity index is 778. The minimum atomic E-state index is -3.50. The summed E-state index contributed by atoms with van der Waals surface area (Å²) in [6.45, 7) is 6.62. The molecule has 1 unspecified atom stereocenters. The Morgan fingerprint density at radius 1 is 0.923 bits per heavy atom. The van der Waals surface area contributed by atoms with Crippen molar-refractivity contribution in [3.05, 3.63) is 66.2 Å². The van der Waals surface area contributed by atoms with E-state index in [1.807, 2.05) is 24.3 Å². The van der Waals surface area contributed by atoms with Gasteiger partial charge in [-0.25, -0.2) is 12.7 Å². The number of hydrogen-bond donors (Lipinski definition) is 0. The van der Waals surface area contributed by atoms with Gasteiger partial charge in [-0.2, -0.15) is 0 Å². The molecule has 5 heteroatoms. The highest BCUT2D eigenvalue weighted by atomic mass is 32.2. The molecule has 4 nitrogen and oxygen atoms in total. The molecule has 0 aliphatic rings. The van der Waals surface area contributed by atoms with Crippen LogP contribution in [0.3, 0.4) is 0 Å². The van der Waals surface area contributed by atoms with Gasteiger partial charge in [0.1, 0.15) is 0 Å². The summed E-state index contributed by atoms with van der Waals surface area (Å²) in [5, 5.41) is 0. The molecule has 0 N–H and O–H groups in total. The molecule has 142 valence electrons. The Morgan fingerprint density at radius 2 is 1.46 bits per heavy atom. The summed E-state index contributed by atoms with van der Waals surface area (Å²) in [7, 11) is 0.262. The van der Waals surface area contributed by atoms with Gasteiger partial charge in [0.2, 0.25) is 10.0 Å². The van der Waals surface area contributed by atoms with E-state index in [9.17, 15) is 8.42 Å². The summed E-state index contributed by atoms with van der Waals surface area (Å²) >= 11 is 0. The van der Waals surface area contributed by atoms with E-state index in [0.29, 0.717) is 11.4 Å². The maximum Gasteiger partial charge on any atom is 0.242 e. The van der Waals surface area contributed by atoms with Crippen LogP contribution < -0.4 is 0 Å². The number of benzene rings is 2. The maximum atomic E-state index is 13.0. The van der Waals surface area contributed by atoms with Crippen LogP contribution in [0.25, 0.3) is 0 Å². The molecule has 0 bridgehead atoms. The van der Waals surface area contributed by atoms with Crippen LogP contribution in [0, 0.1) is 0 Å². The molecule has 1 atom stereocenters. The molecule has 0 spiro atoms. The molecule has 0 heterocycles. The van der Waals surface area contributed by atoms with Crippen molar-refractivity contribution in [1.29, 1.82) is 0 Å². The molecular formula is C21H30N2O2S. The van der Waals surface area contributed by atoms with Crippen molar-refractivity contribution < 1.29 is 8.42 Å². The molecule has 0 fully saturated rings. The smallest absolute Gasteiger partial charge is 0.242 e. The third kappa shape index (κ3) is 4.93. The predicted molar refractivity (Wildman–Crippen MR) is 108 cm³/mol. The zero-order valence-electron chi connectivity index (χ0n) is 16.2. The molecule has 0 aliphatic heterocycles. The molecular weight excluding hydrogens is 344 g/mol. The van der Waals surface area contributed by atoms with Crippen molar-refractivity contribution in [3.63, 3.8) is 0 Å². The summed E-state index contributed by atoms with van der Waals surface area (Å²) in [6.07, 6.45) is 0.885. The highest BCUT2D eigenvalue weighted by Crippen LogP contribution is 2.30. The van der Waals surface area contributed by atoms with Gasteiger partial charge in [-0.3, -0.25) is 0 Å². The largest absolute Gasteiger partial charge is 0.307 e. The lowest BCUT2D eigenvalue weighted by Crippen LogP contribution is -2.42. The number of sulfonamides is 1. The molecule has 0 radical (unpaired) electrons. The zero-order chi connectivity index (χ0) is 19.2. The SMILES string of the molecule is CCN(C)CCC(C)(CN(C)S(=O)(=O)c1ccccc1)c1ccccc1. The molecule has 0 aliphatic carbocycles. The van der Waals surface area contributed by atoms with Crippen molar-refractivity contribution >= 4 is 10.0 Å². The van der Waals surface area contributed by atoms with Gasteiger partial charge in [0.15, 0.2) is 0 Å². The number of likely N-dealkylation sites (N-methyl/N-ethyl adjacent to an activating group) is 1. The summed E-state index contributed by atoms with van der Waals surface area (Å²) < 4.78 is 27.4. The first-order valence-corrected chi connectivity index (χ1v) is 10.5.